The lowest BCUT2D eigenvalue weighted by Gasteiger charge is -2.30. The monoisotopic (exact) mass is 961 g/mol. The van der Waals surface area contributed by atoms with Gasteiger partial charge in [-0.3, -0.25) is 9.59 Å². The summed E-state index contributed by atoms with van der Waals surface area (Å²) in [4.78, 5) is 74.0. The Kier molecular flexibility index (Phi) is 16.6. The van der Waals surface area contributed by atoms with Crippen molar-refractivity contribution in [2.75, 3.05) is 14.2 Å². The van der Waals surface area contributed by atoms with Crippen molar-refractivity contribution in [3.63, 3.8) is 0 Å². The molecule has 15 nitrogen and oxygen atoms in total. The first-order valence-corrected chi connectivity index (χ1v) is 22.4. The molecule has 0 aliphatic heterocycles. The van der Waals surface area contributed by atoms with Crippen LogP contribution in [0, 0.1) is 28.4 Å². The molecular weight excluding hydrogens is 905 g/mol. The van der Waals surface area contributed by atoms with Gasteiger partial charge < -0.3 is 44.0 Å². The van der Waals surface area contributed by atoms with Crippen molar-refractivity contribution in [2.45, 2.75) is 79.7 Å². The van der Waals surface area contributed by atoms with Gasteiger partial charge in [-0.2, -0.15) is 0 Å². The number of rotatable bonds is 15. The Morgan fingerprint density at radius 3 is 1.77 bits per heavy atom. The topological polar surface area (TPSA) is 204 Å². The molecule has 2 amide bonds. The van der Waals surface area contributed by atoms with Crippen molar-refractivity contribution in [1.29, 1.82) is 0 Å². The highest BCUT2D eigenvalue weighted by atomic mass is 19.1. The molecule has 0 bridgehead atoms. The van der Waals surface area contributed by atoms with Crippen molar-refractivity contribution in [2.24, 2.45) is 16.7 Å². The zero-order valence-corrected chi connectivity index (χ0v) is 40.2. The number of hydrogen-bond acceptors (Lipinski definition) is 11. The van der Waals surface area contributed by atoms with Crippen LogP contribution in [0.2, 0.25) is 0 Å². The summed E-state index contributed by atoms with van der Waals surface area (Å²) in [6.45, 7) is 11.3. The number of hydrogen-bond donors (Lipinski definition) is 4. The minimum absolute atomic E-state index is 0.0691. The molecule has 0 aliphatic rings. The summed E-state index contributed by atoms with van der Waals surface area (Å²) in [6.07, 6.45) is 1.94. The van der Waals surface area contributed by atoms with Gasteiger partial charge in [0.15, 0.2) is 17.2 Å². The van der Waals surface area contributed by atoms with Gasteiger partial charge in [-0.1, -0.05) is 102 Å². The number of aromatic nitrogens is 3. The Hall–Kier alpha value is -7.82. The minimum Gasteiger partial charge on any atom is -0.469 e. The maximum absolute atomic E-state index is 14.0. The number of esters is 2. The number of ether oxygens (including phenoxy) is 4. The van der Waals surface area contributed by atoms with E-state index < -0.39 is 64.6 Å². The van der Waals surface area contributed by atoms with E-state index in [9.17, 15) is 32.8 Å². The number of methoxy groups -OCH3 is 2. The smallest absolute Gasteiger partial charge is 0.408 e. The van der Waals surface area contributed by atoms with Gasteiger partial charge in [0.25, 0.3) is 0 Å². The number of carbonyl (C=O) groups is 5. The van der Waals surface area contributed by atoms with E-state index in [-0.39, 0.29) is 49.2 Å². The number of H-pyrrole nitrogens is 2. The van der Waals surface area contributed by atoms with Crippen molar-refractivity contribution in [1.82, 2.24) is 25.6 Å². The summed E-state index contributed by atoms with van der Waals surface area (Å²) in [6, 6.07) is 25.5. The number of aromatic amines is 2. The lowest BCUT2D eigenvalue weighted by Crippen LogP contribution is -2.50. The van der Waals surface area contributed by atoms with Gasteiger partial charge in [0.2, 0.25) is 5.89 Å². The molecule has 0 spiro atoms. The highest BCUT2D eigenvalue weighted by Crippen LogP contribution is 2.38. The number of carbonyl (C=O) groups excluding carboxylic acids is 5. The van der Waals surface area contributed by atoms with Crippen LogP contribution < -0.4 is 10.6 Å². The van der Waals surface area contributed by atoms with E-state index in [1.165, 1.54) is 38.5 Å². The SMILES string of the molecule is COC(=O)C(CC(=O)[C@@H](NC(=O)OCc1ccccc1)C(C)(C)C)Cc1c[nH]c2ccc(F)cc12.COC(=O)c1nc([C@@H](NC(=O)OCc2ccccc2)C(C)(C)C)oc1-c1c[nH]c2ccc(F)cc12. The normalized spacial score (nSPS) is 12.8. The van der Waals surface area contributed by atoms with Crippen LogP contribution in [0.1, 0.15) is 87.1 Å². The van der Waals surface area contributed by atoms with Crippen LogP contribution in [0.3, 0.4) is 0 Å². The minimum atomic E-state index is -0.890. The number of nitrogens with one attached hydrogen (secondary N) is 4. The number of alkyl carbamates (subject to hydrolysis) is 2. The van der Waals surface area contributed by atoms with E-state index in [4.69, 9.17) is 23.4 Å². The quantitative estimate of drug-likeness (QED) is 0.0562. The maximum Gasteiger partial charge on any atom is 0.408 e. The van der Waals surface area contributed by atoms with E-state index in [0.29, 0.717) is 27.4 Å². The highest BCUT2D eigenvalue weighted by Gasteiger charge is 2.37. The third-order valence-electron chi connectivity index (χ3n) is 11.3. The molecule has 0 radical (unpaired) electrons. The Morgan fingerprint density at radius 2 is 1.23 bits per heavy atom. The summed E-state index contributed by atoms with van der Waals surface area (Å²) in [7, 11) is 2.49. The van der Waals surface area contributed by atoms with Gasteiger partial charge in [-0.05, 0) is 70.3 Å². The molecule has 4 N–H and O–H groups in total. The average molecular weight is 962 g/mol. The highest BCUT2D eigenvalue weighted by molar-refractivity contribution is 6.01. The largest absolute Gasteiger partial charge is 0.469 e. The first kappa shape index (κ1) is 51.6. The number of Topliss-reactive ketones (excluding diaryl/α,β-unsaturated/α-hetero) is 1. The van der Waals surface area contributed by atoms with Gasteiger partial charge in [0.1, 0.15) is 30.9 Å². The Morgan fingerprint density at radius 1 is 0.686 bits per heavy atom. The summed E-state index contributed by atoms with van der Waals surface area (Å²) in [5.41, 5.74) is 2.91. The number of fused-ring (bicyclic) bond motifs is 2. The zero-order chi connectivity index (χ0) is 50.8. The molecule has 3 heterocycles. The Balaban J connectivity index is 0.000000230. The van der Waals surface area contributed by atoms with Crippen LogP contribution >= 0.6 is 0 Å². The molecule has 368 valence electrons. The van der Waals surface area contributed by atoms with Crippen LogP contribution in [0.5, 0.6) is 0 Å². The molecule has 70 heavy (non-hydrogen) atoms. The fourth-order valence-corrected chi connectivity index (χ4v) is 7.70. The third-order valence-corrected chi connectivity index (χ3v) is 11.3. The molecular formula is C53H57F2N5O10. The molecule has 3 atom stereocenters. The number of ketones is 1. The van der Waals surface area contributed by atoms with Crippen LogP contribution in [0.4, 0.5) is 18.4 Å². The number of halogens is 2. The van der Waals surface area contributed by atoms with Gasteiger partial charge >= 0.3 is 24.1 Å². The molecule has 7 rings (SSSR count). The summed E-state index contributed by atoms with van der Waals surface area (Å²) < 4.78 is 54.3. The van der Waals surface area contributed by atoms with Crippen molar-refractivity contribution < 1.29 is 56.1 Å². The molecule has 0 fully saturated rings. The van der Waals surface area contributed by atoms with Crippen LogP contribution in [0.15, 0.2) is 114 Å². The summed E-state index contributed by atoms with van der Waals surface area (Å²) in [5, 5.41) is 6.62. The van der Waals surface area contributed by atoms with Crippen molar-refractivity contribution >= 4 is 51.7 Å². The van der Waals surface area contributed by atoms with Crippen LogP contribution in [0.25, 0.3) is 33.1 Å². The van der Waals surface area contributed by atoms with E-state index in [1.807, 2.05) is 102 Å². The zero-order valence-electron chi connectivity index (χ0n) is 40.2. The molecule has 0 aliphatic carbocycles. The predicted octanol–water partition coefficient (Wildman–Crippen LogP) is 10.7. The van der Waals surface area contributed by atoms with E-state index in [1.54, 1.807) is 24.5 Å². The number of nitrogens with zero attached hydrogens (tertiary/aromatic N) is 1. The molecule has 4 aromatic carbocycles. The second kappa shape index (κ2) is 22.5. The van der Waals surface area contributed by atoms with E-state index in [0.717, 1.165) is 16.6 Å². The fraction of sp³-hybridized carbons (Fsp3) is 0.321. The Bertz CT molecular complexity index is 2930. The van der Waals surface area contributed by atoms with Crippen LogP contribution in [-0.2, 0) is 48.2 Å². The molecule has 0 saturated heterocycles. The Labute approximate surface area is 403 Å². The third kappa shape index (κ3) is 13.2. The average Bonchev–Trinajstić information content (AvgIpc) is 4.07. The fourth-order valence-electron chi connectivity index (χ4n) is 7.70. The number of amides is 2. The number of benzene rings is 4. The second-order valence-electron chi connectivity index (χ2n) is 18.7. The summed E-state index contributed by atoms with van der Waals surface area (Å²) in [5.74, 6) is -3.03. The number of oxazole rings is 1. The van der Waals surface area contributed by atoms with Gasteiger partial charge in [0, 0.05) is 46.2 Å². The first-order chi connectivity index (χ1) is 33.2. The lowest BCUT2D eigenvalue weighted by molar-refractivity contribution is -0.147. The van der Waals surface area contributed by atoms with Crippen molar-refractivity contribution in [3.8, 4) is 11.3 Å². The molecule has 3 aromatic heterocycles. The van der Waals surface area contributed by atoms with E-state index in [2.05, 4.69) is 25.6 Å². The second-order valence-corrected chi connectivity index (χ2v) is 18.7. The van der Waals surface area contributed by atoms with Gasteiger partial charge in [-0.15, -0.1) is 0 Å². The van der Waals surface area contributed by atoms with Crippen molar-refractivity contribution in [3.05, 3.63) is 149 Å². The van der Waals surface area contributed by atoms with E-state index >= 15 is 0 Å². The van der Waals surface area contributed by atoms with Gasteiger partial charge in [-0.25, -0.2) is 28.1 Å². The van der Waals surface area contributed by atoms with Gasteiger partial charge in [0.05, 0.1) is 26.2 Å². The maximum atomic E-state index is 14.0. The molecule has 0 saturated carbocycles. The first-order valence-electron chi connectivity index (χ1n) is 22.4. The predicted molar refractivity (Wildman–Crippen MR) is 257 cm³/mol. The standard InChI is InChI=1S/C27H31FN2O5.C26H26FN3O5/c1-27(2,3)24(30-26(33)35-16-17-8-6-5-7-9-17)23(31)13-18(25(32)34-4)12-19-15-29-22-11-10-20(28)14-21(19)22;1-26(2,3)22(30-25(32)34-14-15-8-6-5-7-9-15)23-29-20(24(31)33-4)21(35-23)18-13-28-19-11-10-16(27)12-17(18)19/h5-11,14-15,18,24,29H,12-13,16H2,1-4H3,(H,30,33);5-13,22,28H,14H2,1-4H3,(H,30,32)/t18?,24-;22-/m11/s1. The summed E-state index contributed by atoms with van der Waals surface area (Å²) >= 11 is 0. The van der Waals surface area contributed by atoms with Crippen LogP contribution in [-0.4, -0.2) is 65.1 Å². The lowest BCUT2D eigenvalue weighted by atomic mass is 9.81. The molecule has 1 unspecified atom stereocenters. The molecule has 17 heteroatoms. The molecule has 7 aromatic rings.